The summed E-state index contributed by atoms with van der Waals surface area (Å²) in [5, 5.41) is 4.60. The molecule has 1 amide bonds. The standard InChI is InChI=1S/C24H22N4O/c1-3-27(21-17-11-10-12-18(21)2)24(29)22-25-23(19-13-6-4-7-14-19)28(26-22)20-15-8-5-9-16-20/h4-17H,3H2,1-2H3. The van der Waals surface area contributed by atoms with Crippen LogP contribution in [0, 0.1) is 6.92 Å². The molecule has 4 rings (SSSR count). The van der Waals surface area contributed by atoms with Crippen LogP contribution >= 0.6 is 0 Å². The number of nitrogens with zero attached hydrogens (tertiary/aromatic N) is 4. The average molecular weight is 382 g/mol. The molecule has 0 fully saturated rings. The van der Waals surface area contributed by atoms with Crippen LogP contribution in [0.25, 0.3) is 17.1 Å². The van der Waals surface area contributed by atoms with Crippen LogP contribution in [-0.2, 0) is 0 Å². The van der Waals surface area contributed by atoms with Gasteiger partial charge < -0.3 is 4.90 Å². The Morgan fingerprint density at radius 2 is 1.52 bits per heavy atom. The number of anilines is 1. The van der Waals surface area contributed by atoms with Crippen molar-refractivity contribution in [3.63, 3.8) is 0 Å². The summed E-state index contributed by atoms with van der Waals surface area (Å²) in [7, 11) is 0. The van der Waals surface area contributed by atoms with Crippen molar-refractivity contribution >= 4 is 11.6 Å². The molecule has 5 heteroatoms. The molecule has 1 aromatic heterocycles. The van der Waals surface area contributed by atoms with E-state index in [9.17, 15) is 4.79 Å². The van der Waals surface area contributed by atoms with Crippen molar-refractivity contribution in [2.45, 2.75) is 13.8 Å². The van der Waals surface area contributed by atoms with Gasteiger partial charge in [-0.1, -0.05) is 66.7 Å². The van der Waals surface area contributed by atoms with Crippen molar-refractivity contribution in [1.29, 1.82) is 0 Å². The molecule has 0 aliphatic rings. The Labute approximate surface area is 170 Å². The topological polar surface area (TPSA) is 51.0 Å². The van der Waals surface area contributed by atoms with Crippen molar-refractivity contribution in [3.05, 3.63) is 96.3 Å². The fourth-order valence-electron chi connectivity index (χ4n) is 3.34. The average Bonchev–Trinajstić information content (AvgIpc) is 3.22. The number of para-hydroxylation sites is 2. The Morgan fingerprint density at radius 3 is 2.17 bits per heavy atom. The minimum absolute atomic E-state index is 0.179. The number of aryl methyl sites for hydroxylation is 1. The highest BCUT2D eigenvalue weighted by atomic mass is 16.2. The molecule has 0 saturated carbocycles. The number of carbonyl (C=O) groups excluding carboxylic acids is 1. The second kappa shape index (κ2) is 8.10. The van der Waals surface area contributed by atoms with Gasteiger partial charge in [0.2, 0.25) is 5.82 Å². The summed E-state index contributed by atoms with van der Waals surface area (Å²) in [5.74, 6) is 0.604. The summed E-state index contributed by atoms with van der Waals surface area (Å²) in [6, 6.07) is 27.4. The molecule has 0 unspecified atom stereocenters. The number of rotatable bonds is 5. The van der Waals surface area contributed by atoms with E-state index in [1.165, 1.54) is 0 Å². The van der Waals surface area contributed by atoms with Crippen LogP contribution in [0.1, 0.15) is 23.1 Å². The third kappa shape index (κ3) is 3.67. The van der Waals surface area contributed by atoms with Gasteiger partial charge in [0.1, 0.15) is 0 Å². The predicted octanol–water partition coefficient (Wildman–Crippen LogP) is 4.91. The van der Waals surface area contributed by atoms with Gasteiger partial charge in [-0.15, -0.1) is 5.10 Å². The van der Waals surface area contributed by atoms with Crippen molar-refractivity contribution < 1.29 is 4.79 Å². The Balaban J connectivity index is 1.81. The molecule has 5 nitrogen and oxygen atoms in total. The first kappa shape index (κ1) is 18.6. The smallest absolute Gasteiger partial charge is 0.297 e. The quantitative estimate of drug-likeness (QED) is 0.493. The lowest BCUT2D eigenvalue weighted by atomic mass is 10.2. The maximum absolute atomic E-state index is 13.3. The number of carbonyl (C=O) groups is 1. The first-order valence-electron chi connectivity index (χ1n) is 9.64. The molecule has 4 aromatic rings. The summed E-state index contributed by atoms with van der Waals surface area (Å²) >= 11 is 0. The first-order valence-corrected chi connectivity index (χ1v) is 9.64. The van der Waals surface area contributed by atoms with Gasteiger partial charge in [-0.05, 0) is 37.6 Å². The lowest BCUT2D eigenvalue weighted by Gasteiger charge is -2.21. The number of benzene rings is 3. The van der Waals surface area contributed by atoms with E-state index in [0.29, 0.717) is 12.4 Å². The SMILES string of the molecule is CCN(C(=O)c1nc(-c2ccccc2)n(-c2ccccc2)n1)c1ccccc1C. The summed E-state index contributed by atoms with van der Waals surface area (Å²) in [6.07, 6.45) is 0. The monoisotopic (exact) mass is 382 g/mol. The van der Waals surface area contributed by atoms with Crippen molar-refractivity contribution in [2.75, 3.05) is 11.4 Å². The highest BCUT2D eigenvalue weighted by Gasteiger charge is 2.24. The maximum atomic E-state index is 13.3. The van der Waals surface area contributed by atoms with Crippen LogP contribution in [0.3, 0.4) is 0 Å². The summed E-state index contributed by atoms with van der Waals surface area (Å²) in [4.78, 5) is 19.7. The molecule has 0 N–H and O–H groups in total. The van der Waals surface area contributed by atoms with Gasteiger partial charge in [0.15, 0.2) is 5.82 Å². The number of hydrogen-bond acceptors (Lipinski definition) is 3. The summed E-state index contributed by atoms with van der Waals surface area (Å²) in [5.41, 5.74) is 3.67. The molecule has 1 heterocycles. The highest BCUT2D eigenvalue weighted by molar-refractivity contribution is 6.04. The van der Waals surface area contributed by atoms with Gasteiger partial charge in [-0.3, -0.25) is 4.79 Å². The minimum atomic E-state index is -0.214. The van der Waals surface area contributed by atoms with Crippen molar-refractivity contribution in [1.82, 2.24) is 14.8 Å². The second-order valence-electron chi connectivity index (χ2n) is 6.71. The summed E-state index contributed by atoms with van der Waals surface area (Å²) in [6.45, 7) is 4.48. The lowest BCUT2D eigenvalue weighted by molar-refractivity contribution is 0.0978. The third-order valence-electron chi connectivity index (χ3n) is 4.80. The molecular weight excluding hydrogens is 360 g/mol. The minimum Gasteiger partial charge on any atom is -0.306 e. The zero-order valence-electron chi connectivity index (χ0n) is 16.5. The van der Waals surface area contributed by atoms with E-state index in [-0.39, 0.29) is 11.7 Å². The molecule has 3 aromatic carbocycles. The normalized spacial score (nSPS) is 10.7. The van der Waals surface area contributed by atoms with Crippen LogP contribution in [-0.4, -0.2) is 27.2 Å². The highest BCUT2D eigenvalue weighted by Crippen LogP contribution is 2.24. The van der Waals surface area contributed by atoms with Crippen LogP contribution in [0.15, 0.2) is 84.9 Å². The zero-order chi connectivity index (χ0) is 20.2. The largest absolute Gasteiger partial charge is 0.306 e. The van der Waals surface area contributed by atoms with E-state index < -0.39 is 0 Å². The number of hydrogen-bond donors (Lipinski definition) is 0. The van der Waals surface area contributed by atoms with E-state index in [0.717, 1.165) is 22.5 Å². The van der Waals surface area contributed by atoms with E-state index >= 15 is 0 Å². The van der Waals surface area contributed by atoms with Gasteiger partial charge in [-0.2, -0.15) is 0 Å². The number of aromatic nitrogens is 3. The van der Waals surface area contributed by atoms with E-state index in [1.54, 1.807) is 9.58 Å². The van der Waals surface area contributed by atoms with Crippen LogP contribution in [0.5, 0.6) is 0 Å². The van der Waals surface area contributed by atoms with Gasteiger partial charge in [0.25, 0.3) is 5.91 Å². The Morgan fingerprint density at radius 1 is 0.897 bits per heavy atom. The lowest BCUT2D eigenvalue weighted by Crippen LogP contribution is -2.32. The Hall–Kier alpha value is -3.73. The second-order valence-corrected chi connectivity index (χ2v) is 6.71. The zero-order valence-corrected chi connectivity index (χ0v) is 16.5. The van der Waals surface area contributed by atoms with Gasteiger partial charge in [-0.25, -0.2) is 9.67 Å². The molecule has 0 radical (unpaired) electrons. The van der Waals surface area contributed by atoms with Crippen LogP contribution in [0.2, 0.25) is 0 Å². The Bertz CT molecular complexity index is 1060. The van der Waals surface area contributed by atoms with Gasteiger partial charge in [0.05, 0.1) is 5.69 Å². The predicted molar refractivity (Wildman–Crippen MR) is 115 cm³/mol. The molecule has 0 aliphatic carbocycles. The number of amides is 1. The fourth-order valence-corrected chi connectivity index (χ4v) is 3.34. The van der Waals surface area contributed by atoms with Crippen molar-refractivity contribution in [3.8, 4) is 17.1 Å². The van der Waals surface area contributed by atoms with Gasteiger partial charge >= 0.3 is 0 Å². The summed E-state index contributed by atoms with van der Waals surface area (Å²) < 4.78 is 1.73. The third-order valence-corrected chi connectivity index (χ3v) is 4.80. The molecule has 0 aliphatic heterocycles. The van der Waals surface area contributed by atoms with Crippen molar-refractivity contribution in [2.24, 2.45) is 0 Å². The van der Waals surface area contributed by atoms with E-state index in [4.69, 9.17) is 0 Å². The first-order chi connectivity index (χ1) is 14.2. The molecular formula is C24H22N4O. The molecule has 0 bridgehead atoms. The molecule has 0 spiro atoms. The maximum Gasteiger partial charge on any atom is 0.297 e. The van der Waals surface area contributed by atoms with Crippen LogP contribution in [0.4, 0.5) is 5.69 Å². The van der Waals surface area contributed by atoms with Crippen LogP contribution < -0.4 is 4.90 Å². The molecule has 29 heavy (non-hydrogen) atoms. The van der Waals surface area contributed by atoms with E-state index in [1.807, 2.05) is 98.8 Å². The van der Waals surface area contributed by atoms with E-state index in [2.05, 4.69) is 10.1 Å². The molecule has 144 valence electrons. The Kier molecular flexibility index (Phi) is 5.20. The fraction of sp³-hybridized carbons (Fsp3) is 0.125. The molecule has 0 atom stereocenters. The molecule has 0 saturated heterocycles. The van der Waals surface area contributed by atoms with Gasteiger partial charge in [0, 0.05) is 17.8 Å².